The fraction of sp³-hybridized carbons (Fsp3) is 0.806. The zero-order chi connectivity index (χ0) is 33.5. The number of ether oxygens (including phenoxy) is 4. The van der Waals surface area contributed by atoms with Crippen LogP contribution in [-0.2, 0) is 9.47 Å². The number of nitrogens with zero attached hydrogens (tertiary/aromatic N) is 1. The standard InChI is InChI=1S/C36H51NO10/c1-18-6-11-26-33(3,41)28-20(17-37(26)16-18)21-15-34-25(35(21,42)30(39)29(28)38)10-9-24-32(34,2)13-12-27(36(24,43)47-34)46-31(40)19-7-8-22(44-4)23(14-19)45-5/h7-8,14,18,20-21,24-30,38-39,41-43H,6,9-13,15-17H2,1-5H3/t18-,20?,21?,24-,25+,26?,27-,28?,29?,30?,32-,33+,34?,35?,36+/m0/s1. The van der Waals surface area contributed by atoms with Crippen molar-refractivity contribution in [1.29, 1.82) is 0 Å². The van der Waals surface area contributed by atoms with E-state index in [1.165, 1.54) is 14.2 Å². The number of carbonyl (C=O) groups is 1. The molecule has 0 aromatic heterocycles. The van der Waals surface area contributed by atoms with Gasteiger partial charge in [0.05, 0.1) is 37.1 Å². The van der Waals surface area contributed by atoms with Gasteiger partial charge in [-0.1, -0.05) is 13.8 Å². The smallest absolute Gasteiger partial charge is 0.338 e. The van der Waals surface area contributed by atoms with Crippen LogP contribution < -0.4 is 9.47 Å². The number of fused-ring (bicyclic) bond motifs is 5. The Morgan fingerprint density at radius 3 is 2.40 bits per heavy atom. The molecule has 4 saturated carbocycles. The lowest BCUT2D eigenvalue weighted by atomic mass is 9.49. The molecule has 47 heavy (non-hydrogen) atoms. The quantitative estimate of drug-likeness (QED) is 0.302. The van der Waals surface area contributed by atoms with E-state index in [1.807, 2.05) is 0 Å². The molecule has 1 aromatic carbocycles. The second-order valence-electron chi connectivity index (χ2n) is 16.5. The Labute approximate surface area is 276 Å². The maximum absolute atomic E-state index is 13.5. The van der Waals surface area contributed by atoms with Gasteiger partial charge < -0.3 is 44.5 Å². The number of aliphatic hydroxyl groups excluding tert-OH is 2. The molecule has 260 valence electrons. The van der Waals surface area contributed by atoms with Crippen molar-refractivity contribution >= 4 is 5.97 Å². The molecule has 11 heteroatoms. The molecule has 5 N–H and O–H groups in total. The van der Waals surface area contributed by atoms with E-state index in [-0.39, 0.29) is 23.4 Å². The summed E-state index contributed by atoms with van der Waals surface area (Å²) in [5.74, 6) is -3.32. The number of rotatable bonds is 4. The van der Waals surface area contributed by atoms with E-state index in [0.717, 1.165) is 19.4 Å². The second-order valence-corrected chi connectivity index (χ2v) is 16.5. The van der Waals surface area contributed by atoms with Crippen LogP contribution >= 0.6 is 0 Å². The van der Waals surface area contributed by atoms with Gasteiger partial charge in [0.25, 0.3) is 0 Å². The molecule has 1 aromatic rings. The van der Waals surface area contributed by atoms with E-state index in [0.29, 0.717) is 56.1 Å². The second kappa shape index (κ2) is 10.3. The summed E-state index contributed by atoms with van der Waals surface area (Å²) in [6, 6.07) is 4.65. The minimum absolute atomic E-state index is 0.125. The molecule has 11 nitrogen and oxygen atoms in total. The molecular weight excluding hydrogens is 606 g/mol. The van der Waals surface area contributed by atoms with Gasteiger partial charge in [0.15, 0.2) is 17.6 Å². The van der Waals surface area contributed by atoms with Crippen LogP contribution in [0.1, 0.15) is 76.1 Å². The zero-order valence-electron chi connectivity index (χ0n) is 28.1. The molecular formula is C36H51NO10. The van der Waals surface area contributed by atoms with Crippen LogP contribution in [0.2, 0.25) is 0 Å². The molecule has 4 aliphatic carbocycles. The lowest BCUT2D eigenvalue weighted by Gasteiger charge is -2.63. The summed E-state index contributed by atoms with van der Waals surface area (Å²) in [7, 11) is 3.01. The predicted molar refractivity (Wildman–Crippen MR) is 168 cm³/mol. The molecule has 7 fully saturated rings. The Kier molecular flexibility index (Phi) is 7.05. The highest BCUT2D eigenvalue weighted by atomic mass is 16.7. The average Bonchev–Trinajstić information content (AvgIpc) is 3.28. The Morgan fingerprint density at radius 1 is 0.957 bits per heavy atom. The van der Waals surface area contributed by atoms with Gasteiger partial charge in [-0.2, -0.15) is 0 Å². The Bertz CT molecular complexity index is 1450. The molecule has 0 radical (unpaired) electrons. The topological polar surface area (TPSA) is 158 Å². The fourth-order valence-corrected chi connectivity index (χ4v) is 12.7. The molecule has 15 atom stereocenters. The van der Waals surface area contributed by atoms with Gasteiger partial charge in [-0.05, 0) is 87.8 Å². The van der Waals surface area contributed by atoms with Crippen LogP contribution in [0.4, 0.5) is 0 Å². The third-order valence-corrected chi connectivity index (χ3v) is 14.7. The molecule has 7 aliphatic rings. The SMILES string of the molecule is COc1ccc(C(=O)O[C@H]2CC[C@@]3(C)[C@@H]4CC[C@H]5C6(O)C(O)C(O)C7C(CN8C[C@@H](C)CCC8[C@@]7(C)O)C6CC53O[C@@]24O)cc1OC. The first kappa shape index (κ1) is 32.2. The highest BCUT2D eigenvalue weighted by Crippen LogP contribution is 2.77. The van der Waals surface area contributed by atoms with Gasteiger partial charge in [-0.3, -0.25) is 4.90 Å². The summed E-state index contributed by atoms with van der Waals surface area (Å²) >= 11 is 0. The maximum Gasteiger partial charge on any atom is 0.338 e. The van der Waals surface area contributed by atoms with Crippen LogP contribution in [-0.4, -0.2) is 111 Å². The van der Waals surface area contributed by atoms with Crippen molar-refractivity contribution in [2.45, 2.75) is 113 Å². The molecule has 1 spiro atoms. The van der Waals surface area contributed by atoms with Crippen LogP contribution in [0.5, 0.6) is 11.5 Å². The number of esters is 1. The van der Waals surface area contributed by atoms with Gasteiger partial charge in [0, 0.05) is 42.3 Å². The number of hydrogen-bond donors (Lipinski definition) is 5. The largest absolute Gasteiger partial charge is 0.493 e. The molecule has 8 rings (SSSR count). The van der Waals surface area contributed by atoms with Crippen LogP contribution in [0, 0.1) is 40.9 Å². The lowest BCUT2D eigenvalue weighted by molar-refractivity contribution is -0.290. The number of carbonyl (C=O) groups excluding carboxylic acids is 1. The minimum Gasteiger partial charge on any atom is -0.493 e. The molecule has 0 amide bonds. The van der Waals surface area contributed by atoms with Gasteiger partial charge in [0.1, 0.15) is 11.7 Å². The Hall–Kier alpha value is -1.99. The van der Waals surface area contributed by atoms with Gasteiger partial charge in [-0.25, -0.2) is 4.79 Å². The van der Waals surface area contributed by atoms with Gasteiger partial charge in [0.2, 0.25) is 5.79 Å². The number of aliphatic hydroxyl groups is 5. The van der Waals surface area contributed by atoms with E-state index in [4.69, 9.17) is 18.9 Å². The first-order valence-electron chi connectivity index (χ1n) is 17.6. The number of methoxy groups -OCH3 is 2. The Morgan fingerprint density at radius 2 is 1.68 bits per heavy atom. The summed E-state index contributed by atoms with van der Waals surface area (Å²) in [5, 5.41) is 61.1. The van der Waals surface area contributed by atoms with E-state index in [1.54, 1.807) is 25.1 Å². The van der Waals surface area contributed by atoms with Crippen molar-refractivity contribution in [2.24, 2.45) is 40.9 Å². The summed E-state index contributed by atoms with van der Waals surface area (Å²) in [5.41, 5.74) is -4.24. The van der Waals surface area contributed by atoms with E-state index < -0.39 is 70.0 Å². The highest BCUT2D eigenvalue weighted by molar-refractivity contribution is 5.90. The number of hydrogen-bond acceptors (Lipinski definition) is 11. The summed E-state index contributed by atoms with van der Waals surface area (Å²) in [6.45, 7) is 7.60. The highest BCUT2D eigenvalue weighted by Gasteiger charge is 2.85. The lowest BCUT2D eigenvalue weighted by Crippen LogP contribution is -2.76. The van der Waals surface area contributed by atoms with Crippen molar-refractivity contribution < 1.29 is 49.3 Å². The molecule has 8 unspecified atom stereocenters. The summed E-state index contributed by atoms with van der Waals surface area (Å²) in [6.07, 6.45) is 0.454. The average molecular weight is 658 g/mol. The monoisotopic (exact) mass is 657 g/mol. The number of benzene rings is 1. The van der Waals surface area contributed by atoms with E-state index >= 15 is 0 Å². The molecule has 3 heterocycles. The van der Waals surface area contributed by atoms with Crippen LogP contribution in [0.3, 0.4) is 0 Å². The van der Waals surface area contributed by atoms with Crippen molar-refractivity contribution in [3.63, 3.8) is 0 Å². The molecule has 4 bridgehead atoms. The minimum atomic E-state index is -1.79. The zero-order valence-corrected chi connectivity index (χ0v) is 28.1. The third-order valence-electron chi connectivity index (χ3n) is 14.7. The summed E-state index contributed by atoms with van der Waals surface area (Å²) < 4.78 is 23.7. The Balaban J connectivity index is 1.14. The van der Waals surface area contributed by atoms with Crippen molar-refractivity contribution in [3.8, 4) is 11.5 Å². The van der Waals surface area contributed by atoms with Gasteiger partial charge in [-0.15, -0.1) is 0 Å². The predicted octanol–water partition coefficient (Wildman–Crippen LogP) is 2.10. The van der Waals surface area contributed by atoms with Gasteiger partial charge >= 0.3 is 5.97 Å². The van der Waals surface area contributed by atoms with Crippen molar-refractivity contribution in [3.05, 3.63) is 23.8 Å². The van der Waals surface area contributed by atoms with Crippen molar-refractivity contribution in [2.75, 3.05) is 27.3 Å². The fourth-order valence-electron chi connectivity index (χ4n) is 12.7. The van der Waals surface area contributed by atoms with Crippen molar-refractivity contribution in [1.82, 2.24) is 4.90 Å². The first-order chi connectivity index (χ1) is 22.2. The van der Waals surface area contributed by atoms with Crippen LogP contribution in [0.15, 0.2) is 18.2 Å². The third kappa shape index (κ3) is 3.91. The van der Waals surface area contributed by atoms with Crippen LogP contribution in [0.25, 0.3) is 0 Å². The summed E-state index contributed by atoms with van der Waals surface area (Å²) in [4.78, 5) is 15.8. The first-order valence-corrected chi connectivity index (χ1v) is 17.6. The molecule has 3 saturated heterocycles. The number of piperidine rings is 2. The molecule has 3 aliphatic heterocycles. The normalized spacial score (nSPS) is 52.9. The van der Waals surface area contributed by atoms with E-state index in [9.17, 15) is 30.3 Å². The maximum atomic E-state index is 13.5. The van der Waals surface area contributed by atoms with E-state index in [2.05, 4.69) is 18.7 Å².